The van der Waals surface area contributed by atoms with Gasteiger partial charge in [-0.1, -0.05) is 32.0 Å². The molecule has 1 fully saturated rings. The lowest BCUT2D eigenvalue weighted by Crippen LogP contribution is -2.14. The van der Waals surface area contributed by atoms with Gasteiger partial charge in [-0.05, 0) is 43.1 Å². The van der Waals surface area contributed by atoms with E-state index in [0.29, 0.717) is 5.56 Å². The lowest BCUT2D eigenvalue weighted by Gasteiger charge is -2.21. The second-order valence-corrected chi connectivity index (χ2v) is 8.05. The Morgan fingerprint density at radius 1 is 1.20 bits per heavy atom. The van der Waals surface area contributed by atoms with Gasteiger partial charge in [-0.2, -0.15) is 0 Å². The highest BCUT2D eigenvalue weighted by Gasteiger charge is 2.40. The normalized spacial score (nSPS) is 17.4. The first-order chi connectivity index (χ1) is 9.40. The zero-order valence-electron chi connectivity index (χ0n) is 12.5. The van der Waals surface area contributed by atoms with E-state index >= 15 is 0 Å². The molecule has 1 aliphatic rings. The van der Waals surface area contributed by atoms with E-state index in [0.717, 1.165) is 31.2 Å². The molecule has 4 heteroatoms. The van der Waals surface area contributed by atoms with Crippen LogP contribution >= 0.6 is 0 Å². The van der Waals surface area contributed by atoms with Gasteiger partial charge in [0.25, 0.3) is 0 Å². The molecule has 0 radical (unpaired) electrons. The van der Waals surface area contributed by atoms with Crippen molar-refractivity contribution in [2.24, 2.45) is 5.92 Å². The molecule has 2 rings (SSSR count). The summed E-state index contributed by atoms with van der Waals surface area (Å²) in [6, 6.07) is 5.57. The SMILES string of the molecule is CCC(CC)c1cccc([C@H](C2CC2)S(C)(=O)=O)c1O. The summed E-state index contributed by atoms with van der Waals surface area (Å²) in [5.41, 5.74) is 1.49. The third-order valence-electron chi connectivity index (χ3n) is 4.34. The molecule has 20 heavy (non-hydrogen) atoms. The van der Waals surface area contributed by atoms with E-state index in [1.165, 1.54) is 6.26 Å². The molecule has 0 heterocycles. The minimum absolute atomic E-state index is 0.174. The van der Waals surface area contributed by atoms with Gasteiger partial charge in [0.05, 0.1) is 5.25 Å². The smallest absolute Gasteiger partial charge is 0.154 e. The van der Waals surface area contributed by atoms with E-state index in [1.807, 2.05) is 12.1 Å². The molecule has 1 saturated carbocycles. The highest BCUT2D eigenvalue weighted by Crippen LogP contribution is 2.49. The standard InChI is InChI=1S/C16H24O3S/c1-4-11(5-2)13-7-6-8-14(15(13)17)16(12-9-10-12)20(3,18)19/h6-8,11-12,16-17H,4-5,9-10H2,1-3H3/t16-/m0/s1. The lowest BCUT2D eigenvalue weighted by atomic mass is 9.90. The fourth-order valence-corrected chi connectivity index (χ4v) is 4.72. The maximum absolute atomic E-state index is 12.1. The van der Waals surface area contributed by atoms with Gasteiger partial charge >= 0.3 is 0 Å². The van der Waals surface area contributed by atoms with Crippen LogP contribution in [0.15, 0.2) is 18.2 Å². The van der Waals surface area contributed by atoms with Crippen molar-refractivity contribution in [3.8, 4) is 5.75 Å². The van der Waals surface area contributed by atoms with Crippen LogP contribution in [-0.4, -0.2) is 19.8 Å². The summed E-state index contributed by atoms with van der Waals surface area (Å²) in [5.74, 6) is 0.658. The quantitative estimate of drug-likeness (QED) is 0.869. The van der Waals surface area contributed by atoms with Gasteiger partial charge in [0.1, 0.15) is 5.75 Å². The average molecular weight is 296 g/mol. The fourth-order valence-electron chi connectivity index (χ4n) is 3.10. The molecule has 1 aromatic carbocycles. The van der Waals surface area contributed by atoms with Crippen LogP contribution in [0.3, 0.4) is 0 Å². The summed E-state index contributed by atoms with van der Waals surface area (Å²) < 4.78 is 24.1. The van der Waals surface area contributed by atoms with E-state index in [9.17, 15) is 13.5 Å². The van der Waals surface area contributed by atoms with Crippen LogP contribution in [0, 0.1) is 5.92 Å². The summed E-state index contributed by atoms with van der Waals surface area (Å²) in [6.07, 6.45) is 5.04. The topological polar surface area (TPSA) is 54.4 Å². The summed E-state index contributed by atoms with van der Waals surface area (Å²) in [5, 5.41) is 10.0. The van der Waals surface area contributed by atoms with E-state index in [2.05, 4.69) is 13.8 Å². The molecule has 112 valence electrons. The second kappa shape index (κ2) is 5.76. The lowest BCUT2D eigenvalue weighted by molar-refractivity contribution is 0.446. The van der Waals surface area contributed by atoms with Gasteiger partial charge in [-0.3, -0.25) is 0 Å². The van der Waals surface area contributed by atoms with Gasteiger partial charge in [0.15, 0.2) is 9.84 Å². The van der Waals surface area contributed by atoms with Crippen molar-refractivity contribution in [3.63, 3.8) is 0 Å². The van der Waals surface area contributed by atoms with Crippen LogP contribution in [0.25, 0.3) is 0 Å². The van der Waals surface area contributed by atoms with Crippen LogP contribution in [0.2, 0.25) is 0 Å². The number of sulfone groups is 1. The van der Waals surface area contributed by atoms with Crippen molar-refractivity contribution < 1.29 is 13.5 Å². The van der Waals surface area contributed by atoms with Gasteiger partial charge in [-0.15, -0.1) is 0 Å². The van der Waals surface area contributed by atoms with E-state index in [1.54, 1.807) is 6.07 Å². The molecule has 1 N–H and O–H groups in total. The molecule has 1 aromatic rings. The average Bonchev–Trinajstić information content (AvgIpc) is 3.18. The van der Waals surface area contributed by atoms with Crippen LogP contribution in [0.4, 0.5) is 0 Å². The largest absolute Gasteiger partial charge is 0.507 e. The number of phenolic OH excluding ortho intramolecular Hbond substituents is 1. The molecule has 1 aliphatic carbocycles. The Balaban J connectivity index is 2.49. The van der Waals surface area contributed by atoms with Gasteiger partial charge in [-0.25, -0.2) is 8.42 Å². The highest BCUT2D eigenvalue weighted by atomic mass is 32.2. The Bertz CT molecular complexity index is 569. The molecule has 0 bridgehead atoms. The monoisotopic (exact) mass is 296 g/mol. The molecular weight excluding hydrogens is 272 g/mol. The van der Waals surface area contributed by atoms with Crippen LogP contribution in [0.5, 0.6) is 5.75 Å². The van der Waals surface area contributed by atoms with E-state index < -0.39 is 15.1 Å². The summed E-state index contributed by atoms with van der Waals surface area (Å²) in [6.45, 7) is 4.18. The predicted octanol–water partition coefficient (Wildman–Crippen LogP) is 3.79. The molecule has 0 aromatic heterocycles. The number of hydrogen-bond donors (Lipinski definition) is 1. The fraction of sp³-hybridized carbons (Fsp3) is 0.625. The Kier molecular flexibility index (Phi) is 4.43. The molecule has 0 unspecified atom stereocenters. The van der Waals surface area contributed by atoms with Crippen molar-refractivity contribution in [2.75, 3.05) is 6.26 Å². The molecule has 0 spiro atoms. The third-order valence-corrected chi connectivity index (χ3v) is 5.90. The van der Waals surface area contributed by atoms with Crippen LogP contribution < -0.4 is 0 Å². The Labute approximate surface area is 121 Å². The molecule has 0 amide bonds. The first-order valence-electron chi connectivity index (χ1n) is 7.40. The van der Waals surface area contributed by atoms with Gasteiger partial charge in [0.2, 0.25) is 0 Å². The summed E-state index contributed by atoms with van der Waals surface area (Å²) in [7, 11) is -3.19. The predicted molar refractivity (Wildman–Crippen MR) is 81.7 cm³/mol. The molecule has 0 aliphatic heterocycles. The first-order valence-corrected chi connectivity index (χ1v) is 9.36. The van der Waals surface area contributed by atoms with Gasteiger partial charge < -0.3 is 5.11 Å². The van der Waals surface area contributed by atoms with Gasteiger partial charge in [0, 0.05) is 11.8 Å². The zero-order valence-corrected chi connectivity index (χ0v) is 13.3. The third kappa shape index (κ3) is 3.00. The van der Waals surface area contributed by atoms with Crippen molar-refractivity contribution in [3.05, 3.63) is 29.3 Å². The zero-order chi connectivity index (χ0) is 14.9. The Morgan fingerprint density at radius 2 is 1.75 bits per heavy atom. The molecule has 0 saturated heterocycles. The Hall–Kier alpha value is -1.03. The van der Waals surface area contributed by atoms with Crippen molar-refractivity contribution in [1.29, 1.82) is 0 Å². The number of para-hydroxylation sites is 1. The maximum atomic E-state index is 12.1. The number of phenols is 1. The number of benzene rings is 1. The van der Waals surface area contributed by atoms with Crippen molar-refractivity contribution in [2.45, 2.75) is 50.7 Å². The molecule has 1 atom stereocenters. The van der Waals surface area contributed by atoms with Crippen LogP contribution in [-0.2, 0) is 9.84 Å². The van der Waals surface area contributed by atoms with Crippen molar-refractivity contribution in [1.82, 2.24) is 0 Å². The minimum atomic E-state index is -3.19. The molecule has 3 nitrogen and oxygen atoms in total. The molecular formula is C16H24O3S. The second-order valence-electron chi connectivity index (χ2n) is 5.89. The van der Waals surface area contributed by atoms with Crippen molar-refractivity contribution >= 4 is 9.84 Å². The van der Waals surface area contributed by atoms with E-state index in [4.69, 9.17) is 0 Å². The number of hydrogen-bond acceptors (Lipinski definition) is 3. The summed E-state index contributed by atoms with van der Waals surface area (Å²) >= 11 is 0. The van der Waals surface area contributed by atoms with E-state index in [-0.39, 0.29) is 17.6 Å². The summed E-state index contributed by atoms with van der Waals surface area (Å²) in [4.78, 5) is 0. The number of rotatable bonds is 6. The first kappa shape index (κ1) is 15.4. The maximum Gasteiger partial charge on any atom is 0.154 e. The highest BCUT2D eigenvalue weighted by molar-refractivity contribution is 7.91. The Morgan fingerprint density at radius 3 is 2.20 bits per heavy atom. The number of aromatic hydroxyl groups is 1. The minimum Gasteiger partial charge on any atom is -0.507 e. The van der Waals surface area contributed by atoms with Crippen LogP contribution in [0.1, 0.15) is 61.8 Å².